The highest BCUT2D eigenvalue weighted by Crippen LogP contribution is 2.15. The molecule has 0 unspecified atom stereocenters. The summed E-state index contributed by atoms with van der Waals surface area (Å²) in [4.78, 5) is 11.8. The molecule has 0 aliphatic carbocycles. The zero-order valence-electron chi connectivity index (χ0n) is 10.6. The van der Waals surface area contributed by atoms with Crippen molar-refractivity contribution in [1.82, 2.24) is 5.32 Å². The molecule has 1 aromatic heterocycles. The zero-order chi connectivity index (χ0) is 13.7. The number of rotatable bonds is 6. The first kappa shape index (κ1) is 13.6. The molecule has 19 heavy (non-hydrogen) atoms. The fraction of sp³-hybridized carbons (Fsp3) is 0.214. The number of hydrogen-bond acceptors (Lipinski definition) is 4. The fourth-order valence-electron chi connectivity index (χ4n) is 1.66. The van der Waals surface area contributed by atoms with Crippen molar-refractivity contribution in [2.45, 2.75) is 13.1 Å². The van der Waals surface area contributed by atoms with Crippen LogP contribution in [0.1, 0.15) is 20.8 Å². The van der Waals surface area contributed by atoms with Gasteiger partial charge < -0.3 is 15.2 Å². The van der Waals surface area contributed by atoms with Gasteiger partial charge in [-0.2, -0.15) is 0 Å². The minimum atomic E-state index is -0.877. The smallest absolute Gasteiger partial charge is 0.336 e. The van der Waals surface area contributed by atoms with Crippen LogP contribution in [0.5, 0.6) is 5.75 Å². The number of thiophene rings is 1. The van der Waals surface area contributed by atoms with Crippen molar-refractivity contribution in [3.63, 3.8) is 0 Å². The van der Waals surface area contributed by atoms with Crippen LogP contribution in [-0.4, -0.2) is 18.2 Å². The van der Waals surface area contributed by atoms with Gasteiger partial charge >= 0.3 is 5.97 Å². The summed E-state index contributed by atoms with van der Waals surface area (Å²) < 4.78 is 5.09. The van der Waals surface area contributed by atoms with Crippen molar-refractivity contribution in [1.29, 1.82) is 0 Å². The number of benzene rings is 1. The van der Waals surface area contributed by atoms with E-state index < -0.39 is 5.97 Å². The monoisotopic (exact) mass is 277 g/mol. The topological polar surface area (TPSA) is 58.6 Å². The molecule has 5 heteroatoms. The maximum Gasteiger partial charge on any atom is 0.336 e. The minimum absolute atomic E-state index is 0.353. The molecule has 1 aromatic carbocycles. The number of nitrogens with one attached hydrogen (secondary N) is 1. The van der Waals surface area contributed by atoms with E-state index in [9.17, 15) is 4.79 Å². The molecule has 0 spiro atoms. The van der Waals surface area contributed by atoms with Crippen molar-refractivity contribution < 1.29 is 14.6 Å². The molecule has 2 aromatic rings. The highest BCUT2D eigenvalue weighted by atomic mass is 32.1. The van der Waals surface area contributed by atoms with Crippen molar-refractivity contribution in [2.24, 2.45) is 0 Å². The van der Waals surface area contributed by atoms with Gasteiger partial charge in [0.15, 0.2) is 0 Å². The Kier molecular flexibility index (Phi) is 4.54. The number of carboxylic acids is 1. The van der Waals surface area contributed by atoms with Gasteiger partial charge in [0.1, 0.15) is 5.75 Å². The van der Waals surface area contributed by atoms with Crippen molar-refractivity contribution in [3.05, 3.63) is 51.7 Å². The molecule has 0 saturated heterocycles. The zero-order valence-corrected chi connectivity index (χ0v) is 11.4. The van der Waals surface area contributed by atoms with Gasteiger partial charge in [0, 0.05) is 23.3 Å². The molecule has 100 valence electrons. The third kappa shape index (κ3) is 3.81. The number of methoxy groups -OCH3 is 1. The van der Waals surface area contributed by atoms with Crippen molar-refractivity contribution >= 4 is 17.3 Å². The molecule has 2 N–H and O–H groups in total. The summed E-state index contributed by atoms with van der Waals surface area (Å²) in [6.07, 6.45) is 0. The number of hydrogen-bond donors (Lipinski definition) is 2. The van der Waals surface area contributed by atoms with Crippen LogP contribution >= 0.6 is 11.3 Å². The Morgan fingerprint density at radius 2 is 2.05 bits per heavy atom. The largest absolute Gasteiger partial charge is 0.497 e. The van der Waals surface area contributed by atoms with E-state index in [1.165, 1.54) is 11.3 Å². The lowest BCUT2D eigenvalue weighted by Crippen LogP contribution is -2.11. The van der Waals surface area contributed by atoms with Crippen molar-refractivity contribution in [3.8, 4) is 5.75 Å². The average molecular weight is 277 g/mol. The highest BCUT2D eigenvalue weighted by Gasteiger charge is 2.05. The summed E-state index contributed by atoms with van der Waals surface area (Å²) in [7, 11) is 1.64. The first-order valence-electron chi connectivity index (χ1n) is 5.83. The number of aromatic carboxylic acids is 1. The number of carboxylic acid groups (broad SMARTS) is 1. The Morgan fingerprint density at radius 3 is 2.63 bits per heavy atom. The van der Waals surface area contributed by atoms with Crippen LogP contribution < -0.4 is 10.1 Å². The summed E-state index contributed by atoms with van der Waals surface area (Å²) in [5.74, 6) is -0.0363. The van der Waals surface area contributed by atoms with Gasteiger partial charge in [-0.3, -0.25) is 0 Å². The third-order valence-electron chi connectivity index (χ3n) is 2.69. The van der Waals surface area contributed by atoms with Gasteiger partial charge in [0.2, 0.25) is 0 Å². The molecule has 0 aliphatic heterocycles. The van der Waals surface area contributed by atoms with Gasteiger partial charge in [-0.15, -0.1) is 11.3 Å². The molecular formula is C14H15NO3S. The van der Waals surface area contributed by atoms with Crippen molar-refractivity contribution in [2.75, 3.05) is 7.11 Å². The lowest BCUT2D eigenvalue weighted by atomic mass is 10.2. The molecule has 1 heterocycles. The Bertz CT molecular complexity index is 548. The Labute approximate surface area is 115 Å². The first-order chi connectivity index (χ1) is 9.19. The Morgan fingerprint density at radius 1 is 1.32 bits per heavy atom. The quantitative estimate of drug-likeness (QED) is 0.852. The maximum atomic E-state index is 10.7. The molecule has 2 rings (SSSR count). The van der Waals surface area contributed by atoms with Crippen LogP contribution in [0, 0.1) is 0 Å². The molecule has 0 aliphatic rings. The molecule has 0 radical (unpaired) electrons. The second-order valence-corrected chi connectivity index (χ2v) is 5.05. The second-order valence-electron chi connectivity index (χ2n) is 4.06. The maximum absolute atomic E-state index is 10.7. The van der Waals surface area contributed by atoms with E-state index in [4.69, 9.17) is 9.84 Å². The molecule has 0 fully saturated rings. The summed E-state index contributed by atoms with van der Waals surface area (Å²) in [6.45, 7) is 1.41. The van der Waals surface area contributed by atoms with Gasteiger partial charge in [-0.05, 0) is 23.8 Å². The summed E-state index contributed by atoms with van der Waals surface area (Å²) in [5.41, 5.74) is 1.52. The fourth-order valence-corrected chi connectivity index (χ4v) is 2.49. The number of carbonyl (C=O) groups is 1. The average Bonchev–Trinajstić information content (AvgIpc) is 2.89. The normalized spacial score (nSPS) is 10.4. The van der Waals surface area contributed by atoms with Crippen LogP contribution in [0.3, 0.4) is 0 Å². The highest BCUT2D eigenvalue weighted by molar-refractivity contribution is 7.10. The van der Waals surface area contributed by atoms with Gasteiger partial charge in [0.25, 0.3) is 0 Å². The predicted molar refractivity (Wildman–Crippen MR) is 74.8 cm³/mol. The van der Waals surface area contributed by atoms with Gasteiger partial charge in [-0.1, -0.05) is 12.1 Å². The summed E-state index contributed by atoms with van der Waals surface area (Å²) >= 11 is 1.46. The van der Waals surface area contributed by atoms with Crippen LogP contribution in [0.15, 0.2) is 35.7 Å². The molecule has 0 bridgehead atoms. The molecule has 0 atom stereocenters. The number of ether oxygens (including phenoxy) is 1. The lowest BCUT2D eigenvalue weighted by molar-refractivity contribution is 0.0697. The van der Waals surface area contributed by atoms with E-state index in [2.05, 4.69) is 5.32 Å². The third-order valence-corrected chi connectivity index (χ3v) is 3.62. The van der Waals surface area contributed by atoms with Gasteiger partial charge in [-0.25, -0.2) is 4.79 Å². The van der Waals surface area contributed by atoms with E-state index in [1.807, 2.05) is 24.3 Å². The molecule has 4 nitrogen and oxygen atoms in total. The van der Waals surface area contributed by atoms with E-state index in [0.29, 0.717) is 12.1 Å². The SMILES string of the molecule is COc1ccc(CNCc2cc(C(=O)O)cs2)cc1. The predicted octanol–water partition coefficient (Wildman–Crippen LogP) is 2.74. The Hall–Kier alpha value is -1.85. The molecular weight excluding hydrogens is 262 g/mol. The Balaban J connectivity index is 1.83. The minimum Gasteiger partial charge on any atom is -0.497 e. The summed E-state index contributed by atoms with van der Waals surface area (Å²) in [5, 5.41) is 13.8. The van der Waals surface area contributed by atoms with E-state index in [-0.39, 0.29) is 0 Å². The molecule has 0 saturated carbocycles. The van der Waals surface area contributed by atoms with E-state index in [0.717, 1.165) is 22.7 Å². The lowest BCUT2D eigenvalue weighted by Gasteiger charge is -2.04. The first-order valence-corrected chi connectivity index (χ1v) is 6.71. The van der Waals surface area contributed by atoms with E-state index in [1.54, 1.807) is 18.6 Å². The van der Waals surface area contributed by atoms with E-state index >= 15 is 0 Å². The molecule has 0 amide bonds. The van der Waals surface area contributed by atoms with Crippen LogP contribution in [0.4, 0.5) is 0 Å². The standard InChI is InChI=1S/C14H15NO3S/c1-18-12-4-2-10(3-5-12)7-15-8-13-6-11(9-19-13)14(16)17/h2-6,9,15H,7-8H2,1H3,(H,16,17). The van der Waals surface area contributed by atoms with Crippen LogP contribution in [0.25, 0.3) is 0 Å². The second kappa shape index (κ2) is 6.36. The summed E-state index contributed by atoms with van der Waals surface area (Å²) in [6, 6.07) is 9.55. The van der Waals surface area contributed by atoms with Gasteiger partial charge in [0.05, 0.1) is 12.7 Å². The van der Waals surface area contributed by atoms with Crippen LogP contribution in [-0.2, 0) is 13.1 Å². The van der Waals surface area contributed by atoms with Crippen LogP contribution in [0.2, 0.25) is 0 Å².